The van der Waals surface area contributed by atoms with E-state index in [0.29, 0.717) is 23.1 Å². The van der Waals surface area contributed by atoms with Gasteiger partial charge >= 0.3 is 0 Å². The molecule has 0 spiro atoms. The van der Waals surface area contributed by atoms with E-state index in [0.717, 1.165) is 16.8 Å². The molecule has 7 nitrogen and oxygen atoms in total. The van der Waals surface area contributed by atoms with Crippen LogP contribution in [-0.2, 0) is 0 Å². The number of benzene rings is 1. The van der Waals surface area contributed by atoms with Gasteiger partial charge in [-0.3, -0.25) is 4.79 Å². The number of aromatic nitrogens is 3. The average molecular weight is 323 g/mol. The number of anilines is 3. The minimum atomic E-state index is -0.345. The van der Waals surface area contributed by atoms with Gasteiger partial charge in [0.25, 0.3) is 5.91 Å². The van der Waals surface area contributed by atoms with Crippen LogP contribution in [0, 0.1) is 20.8 Å². The van der Waals surface area contributed by atoms with Gasteiger partial charge in [-0.05, 0) is 31.9 Å². The molecule has 2 aromatic heterocycles. The summed E-state index contributed by atoms with van der Waals surface area (Å²) in [5.41, 5.74) is 3.50. The third-order valence-corrected chi connectivity index (χ3v) is 3.50. The molecule has 0 bridgehead atoms. The standard InChI is InChI=1S/C17H17N5O2/c1-10-5-4-6-11(2)15(10)21-17-18-8-13(9-19-17)16(23)20-14-7-12(3)24-22-14/h4-9H,1-3H3,(H,18,19,21)(H,20,22,23). The van der Waals surface area contributed by atoms with Gasteiger partial charge in [0.1, 0.15) is 5.76 Å². The van der Waals surface area contributed by atoms with E-state index in [4.69, 9.17) is 4.52 Å². The lowest BCUT2D eigenvalue weighted by atomic mass is 10.1. The number of carbonyl (C=O) groups excluding carboxylic acids is 1. The molecule has 0 fully saturated rings. The zero-order valence-electron chi connectivity index (χ0n) is 13.6. The molecule has 0 unspecified atom stereocenters. The molecule has 2 heterocycles. The average Bonchev–Trinajstić information content (AvgIpc) is 2.96. The SMILES string of the molecule is Cc1cc(NC(=O)c2cnc(Nc3c(C)cccc3C)nc2)no1. The Labute approximate surface area is 139 Å². The topological polar surface area (TPSA) is 92.9 Å². The van der Waals surface area contributed by atoms with E-state index in [1.807, 2.05) is 32.0 Å². The van der Waals surface area contributed by atoms with Gasteiger partial charge < -0.3 is 15.2 Å². The highest BCUT2D eigenvalue weighted by atomic mass is 16.5. The molecule has 0 aliphatic heterocycles. The van der Waals surface area contributed by atoms with Crippen LogP contribution < -0.4 is 10.6 Å². The Bertz CT molecular complexity index is 851. The maximum atomic E-state index is 12.1. The molecule has 7 heteroatoms. The van der Waals surface area contributed by atoms with E-state index in [9.17, 15) is 4.79 Å². The monoisotopic (exact) mass is 323 g/mol. The first-order valence-corrected chi connectivity index (χ1v) is 7.43. The number of nitrogens with zero attached hydrogens (tertiary/aromatic N) is 3. The predicted octanol–water partition coefficient (Wildman–Crippen LogP) is 3.39. The summed E-state index contributed by atoms with van der Waals surface area (Å²) in [7, 11) is 0. The van der Waals surface area contributed by atoms with Crippen LogP contribution in [0.4, 0.5) is 17.5 Å². The molecular weight excluding hydrogens is 306 g/mol. The molecule has 3 aromatic rings. The van der Waals surface area contributed by atoms with Crippen LogP contribution in [0.2, 0.25) is 0 Å². The van der Waals surface area contributed by atoms with Crippen molar-refractivity contribution in [3.8, 4) is 0 Å². The van der Waals surface area contributed by atoms with Crippen molar-refractivity contribution in [2.75, 3.05) is 10.6 Å². The lowest BCUT2D eigenvalue weighted by Crippen LogP contribution is -2.13. The summed E-state index contributed by atoms with van der Waals surface area (Å²) in [6, 6.07) is 7.65. The Morgan fingerprint density at radius 1 is 1.08 bits per heavy atom. The van der Waals surface area contributed by atoms with Crippen LogP contribution in [0.15, 0.2) is 41.2 Å². The Balaban J connectivity index is 1.72. The normalized spacial score (nSPS) is 10.5. The minimum absolute atomic E-state index is 0.336. The number of hydrogen-bond donors (Lipinski definition) is 2. The number of nitrogens with one attached hydrogen (secondary N) is 2. The zero-order valence-corrected chi connectivity index (χ0v) is 13.6. The molecule has 2 N–H and O–H groups in total. The fourth-order valence-corrected chi connectivity index (χ4v) is 2.25. The van der Waals surface area contributed by atoms with Crippen molar-refractivity contribution >= 4 is 23.4 Å². The summed E-state index contributed by atoms with van der Waals surface area (Å²) in [4.78, 5) is 20.5. The van der Waals surface area contributed by atoms with E-state index in [1.165, 1.54) is 12.4 Å². The van der Waals surface area contributed by atoms with Crippen LogP contribution in [0.25, 0.3) is 0 Å². The zero-order chi connectivity index (χ0) is 17.1. The second-order valence-electron chi connectivity index (χ2n) is 5.46. The Morgan fingerprint density at radius 3 is 2.33 bits per heavy atom. The second kappa shape index (κ2) is 6.49. The molecule has 0 aliphatic rings. The highest BCUT2D eigenvalue weighted by Gasteiger charge is 2.11. The molecule has 0 aliphatic carbocycles. The number of carbonyl (C=O) groups is 1. The molecule has 122 valence electrons. The third-order valence-electron chi connectivity index (χ3n) is 3.50. The largest absolute Gasteiger partial charge is 0.360 e. The molecule has 0 saturated carbocycles. The van der Waals surface area contributed by atoms with Crippen molar-refractivity contribution in [1.29, 1.82) is 0 Å². The van der Waals surface area contributed by atoms with Gasteiger partial charge in [-0.25, -0.2) is 9.97 Å². The van der Waals surface area contributed by atoms with Crippen molar-refractivity contribution in [3.05, 3.63) is 59.1 Å². The van der Waals surface area contributed by atoms with Gasteiger partial charge in [-0.2, -0.15) is 0 Å². The fraction of sp³-hybridized carbons (Fsp3) is 0.176. The quantitative estimate of drug-likeness (QED) is 0.764. The molecule has 0 atom stereocenters. The van der Waals surface area contributed by atoms with Gasteiger partial charge in [-0.1, -0.05) is 23.4 Å². The number of rotatable bonds is 4. The van der Waals surface area contributed by atoms with Crippen molar-refractivity contribution in [1.82, 2.24) is 15.1 Å². The minimum Gasteiger partial charge on any atom is -0.360 e. The van der Waals surface area contributed by atoms with E-state index in [2.05, 4.69) is 25.8 Å². The van der Waals surface area contributed by atoms with E-state index < -0.39 is 0 Å². The van der Waals surface area contributed by atoms with Gasteiger partial charge in [-0.15, -0.1) is 0 Å². The highest BCUT2D eigenvalue weighted by Crippen LogP contribution is 2.22. The lowest BCUT2D eigenvalue weighted by molar-refractivity contribution is 0.102. The second-order valence-corrected chi connectivity index (χ2v) is 5.46. The summed E-state index contributed by atoms with van der Waals surface area (Å²) in [5.74, 6) is 1.06. The van der Waals surface area contributed by atoms with Crippen LogP contribution in [0.5, 0.6) is 0 Å². The van der Waals surface area contributed by atoms with Crippen molar-refractivity contribution < 1.29 is 9.32 Å². The van der Waals surface area contributed by atoms with E-state index >= 15 is 0 Å². The number of para-hydroxylation sites is 1. The molecule has 3 rings (SSSR count). The molecule has 24 heavy (non-hydrogen) atoms. The summed E-state index contributed by atoms with van der Waals surface area (Å²) in [5, 5.41) is 9.51. The van der Waals surface area contributed by atoms with Crippen molar-refractivity contribution in [2.24, 2.45) is 0 Å². The summed E-state index contributed by atoms with van der Waals surface area (Å²) < 4.78 is 4.90. The lowest BCUT2D eigenvalue weighted by Gasteiger charge is -2.11. The van der Waals surface area contributed by atoms with Gasteiger partial charge in [0.15, 0.2) is 5.82 Å². The molecule has 1 amide bonds. The summed E-state index contributed by atoms with van der Waals surface area (Å²) in [6.45, 7) is 5.77. The first kappa shape index (κ1) is 15.7. The van der Waals surface area contributed by atoms with Crippen LogP contribution in [0.1, 0.15) is 27.2 Å². The van der Waals surface area contributed by atoms with E-state index in [1.54, 1.807) is 13.0 Å². The van der Waals surface area contributed by atoms with Crippen molar-refractivity contribution in [3.63, 3.8) is 0 Å². The Kier molecular flexibility index (Phi) is 4.24. The van der Waals surface area contributed by atoms with Gasteiger partial charge in [0, 0.05) is 24.1 Å². The predicted molar refractivity (Wildman–Crippen MR) is 90.4 cm³/mol. The molecule has 1 aromatic carbocycles. The van der Waals surface area contributed by atoms with Gasteiger partial charge in [0.05, 0.1) is 5.56 Å². The molecular formula is C17H17N5O2. The van der Waals surface area contributed by atoms with Gasteiger partial charge in [0.2, 0.25) is 5.95 Å². The van der Waals surface area contributed by atoms with E-state index in [-0.39, 0.29) is 5.91 Å². The summed E-state index contributed by atoms with van der Waals surface area (Å²) >= 11 is 0. The third kappa shape index (κ3) is 3.40. The number of hydrogen-bond acceptors (Lipinski definition) is 6. The first-order chi connectivity index (χ1) is 11.5. The van der Waals surface area contributed by atoms with Crippen LogP contribution in [-0.4, -0.2) is 21.0 Å². The van der Waals surface area contributed by atoms with Crippen LogP contribution >= 0.6 is 0 Å². The maximum Gasteiger partial charge on any atom is 0.260 e. The van der Waals surface area contributed by atoms with Crippen molar-refractivity contribution in [2.45, 2.75) is 20.8 Å². The number of aryl methyl sites for hydroxylation is 3. The molecule has 0 radical (unpaired) electrons. The summed E-state index contributed by atoms with van der Waals surface area (Å²) in [6.07, 6.45) is 2.93. The first-order valence-electron chi connectivity index (χ1n) is 7.43. The van der Waals surface area contributed by atoms with Crippen LogP contribution in [0.3, 0.4) is 0 Å². The highest BCUT2D eigenvalue weighted by molar-refractivity contribution is 6.03. The Hall–Kier alpha value is -3.22. The fourth-order valence-electron chi connectivity index (χ4n) is 2.25. The molecule has 0 saturated heterocycles. The smallest absolute Gasteiger partial charge is 0.260 e. The number of amides is 1. The Morgan fingerprint density at radius 2 is 1.75 bits per heavy atom. The maximum absolute atomic E-state index is 12.1.